The number of benzene rings is 2. The van der Waals surface area contributed by atoms with Gasteiger partial charge < -0.3 is 9.94 Å². The molecule has 0 saturated heterocycles. The van der Waals surface area contributed by atoms with E-state index in [1.165, 1.54) is 4.90 Å². The molecular formula is C17H19NO2S. The van der Waals surface area contributed by atoms with Gasteiger partial charge in [-0.1, -0.05) is 42.4 Å². The Labute approximate surface area is 129 Å². The lowest BCUT2D eigenvalue weighted by Gasteiger charge is -2.11. The summed E-state index contributed by atoms with van der Waals surface area (Å²) in [6.45, 7) is 2.57. The average molecular weight is 301 g/mol. The van der Waals surface area contributed by atoms with Crippen LogP contribution in [0.2, 0.25) is 0 Å². The number of oxime groups is 1. The van der Waals surface area contributed by atoms with Crippen LogP contribution in [0.15, 0.2) is 64.6 Å². The molecule has 2 aromatic carbocycles. The highest BCUT2D eigenvalue weighted by Crippen LogP contribution is 2.22. The van der Waals surface area contributed by atoms with Gasteiger partial charge in [0.25, 0.3) is 0 Å². The van der Waals surface area contributed by atoms with Gasteiger partial charge in [0.05, 0.1) is 12.3 Å². The van der Waals surface area contributed by atoms with Crippen LogP contribution in [0.4, 0.5) is 0 Å². The van der Waals surface area contributed by atoms with Crippen molar-refractivity contribution in [2.45, 2.75) is 18.2 Å². The third-order valence-electron chi connectivity index (χ3n) is 3.01. The maximum atomic E-state index is 9.05. The minimum absolute atomic E-state index is 0.610. The highest BCUT2D eigenvalue weighted by atomic mass is 32.2. The van der Waals surface area contributed by atoms with Gasteiger partial charge in [0, 0.05) is 16.2 Å². The third kappa shape index (κ3) is 4.53. The van der Waals surface area contributed by atoms with Crippen molar-refractivity contribution in [2.24, 2.45) is 5.16 Å². The molecule has 21 heavy (non-hydrogen) atoms. The van der Waals surface area contributed by atoms with Gasteiger partial charge in [-0.25, -0.2) is 0 Å². The van der Waals surface area contributed by atoms with Crippen molar-refractivity contribution in [3.63, 3.8) is 0 Å². The fourth-order valence-electron chi connectivity index (χ4n) is 1.97. The lowest BCUT2D eigenvalue weighted by Crippen LogP contribution is -2.06. The molecule has 0 radical (unpaired) electrons. The van der Waals surface area contributed by atoms with Crippen LogP contribution in [-0.4, -0.2) is 23.3 Å². The molecular weight excluding hydrogens is 282 g/mol. The summed E-state index contributed by atoms with van der Waals surface area (Å²) < 4.78 is 5.83. The second-order valence-corrected chi connectivity index (χ2v) is 5.57. The predicted octanol–water partition coefficient (Wildman–Crippen LogP) is 4.45. The summed E-state index contributed by atoms with van der Waals surface area (Å²) in [6.07, 6.45) is 0.662. The van der Waals surface area contributed by atoms with Crippen LogP contribution in [0.3, 0.4) is 0 Å². The zero-order valence-electron chi connectivity index (χ0n) is 12.0. The van der Waals surface area contributed by atoms with Gasteiger partial charge in [0.2, 0.25) is 0 Å². The summed E-state index contributed by atoms with van der Waals surface area (Å²) in [5.74, 6) is 1.64. The molecule has 0 aliphatic heterocycles. The Hall–Kier alpha value is -1.94. The Balaban J connectivity index is 1.91. The van der Waals surface area contributed by atoms with Gasteiger partial charge in [0.1, 0.15) is 5.75 Å². The Morgan fingerprint density at radius 2 is 1.81 bits per heavy atom. The first-order chi connectivity index (χ1) is 10.3. The van der Waals surface area contributed by atoms with E-state index in [4.69, 9.17) is 9.94 Å². The third-order valence-corrected chi connectivity index (χ3v) is 3.98. The van der Waals surface area contributed by atoms with Gasteiger partial charge in [-0.05, 0) is 30.7 Å². The first-order valence-corrected chi connectivity index (χ1v) is 7.94. The molecule has 0 unspecified atom stereocenters. The van der Waals surface area contributed by atoms with Crippen molar-refractivity contribution in [3.05, 3.63) is 60.2 Å². The van der Waals surface area contributed by atoms with Crippen molar-refractivity contribution >= 4 is 17.5 Å². The maximum Gasteiger partial charge on any atom is 0.128 e. The van der Waals surface area contributed by atoms with E-state index in [-0.39, 0.29) is 0 Å². The van der Waals surface area contributed by atoms with Gasteiger partial charge in [-0.3, -0.25) is 0 Å². The topological polar surface area (TPSA) is 41.8 Å². The van der Waals surface area contributed by atoms with E-state index in [0.717, 1.165) is 17.1 Å². The van der Waals surface area contributed by atoms with E-state index >= 15 is 0 Å². The van der Waals surface area contributed by atoms with E-state index < -0.39 is 0 Å². The van der Waals surface area contributed by atoms with Crippen LogP contribution in [0.25, 0.3) is 0 Å². The van der Waals surface area contributed by atoms with Crippen LogP contribution in [-0.2, 0) is 0 Å². The summed E-state index contributed by atoms with van der Waals surface area (Å²) >= 11 is 1.76. The quantitative estimate of drug-likeness (QED) is 0.270. The molecule has 0 aliphatic rings. The number of hydrogen-bond acceptors (Lipinski definition) is 4. The number of hydrogen-bond donors (Lipinski definition) is 1. The van der Waals surface area contributed by atoms with E-state index in [1.54, 1.807) is 11.8 Å². The Morgan fingerprint density at radius 1 is 1.10 bits per heavy atom. The molecule has 2 aromatic rings. The standard InChI is InChI=1S/C17H19NO2S/c1-2-16(18-19)15-10-6-7-11-17(15)20-12-13-21-14-8-4-3-5-9-14/h3-11,19H,2,12-13H2,1H3. The van der Waals surface area contributed by atoms with Crippen LogP contribution >= 0.6 is 11.8 Å². The molecule has 0 amide bonds. The van der Waals surface area contributed by atoms with Crippen molar-refractivity contribution < 1.29 is 9.94 Å². The van der Waals surface area contributed by atoms with E-state index in [2.05, 4.69) is 17.3 Å². The summed E-state index contributed by atoms with van der Waals surface area (Å²) in [6, 6.07) is 17.9. The average Bonchev–Trinajstić information content (AvgIpc) is 2.55. The molecule has 1 N–H and O–H groups in total. The summed E-state index contributed by atoms with van der Waals surface area (Å²) in [5, 5.41) is 12.4. The monoisotopic (exact) mass is 301 g/mol. The van der Waals surface area contributed by atoms with Crippen molar-refractivity contribution in [2.75, 3.05) is 12.4 Å². The smallest absolute Gasteiger partial charge is 0.128 e. The van der Waals surface area contributed by atoms with Gasteiger partial charge in [0.15, 0.2) is 0 Å². The molecule has 3 nitrogen and oxygen atoms in total. The fourth-order valence-corrected chi connectivity index (χ4v) is 2.73. The second-order valence-electron chi connectivity index (χ2n) is 4.41. The predicted molar refractivity (Wildman–Crippen MR) is 87.7 cm³/mol. The minimum Gasteiger partial charge on any atom is -0.492 e. The molecule has 0 atom stereocenters. The Kier molecular flexibility index (Phi) is 6.16. The lowest BCUT2D eigenvalue weighted by atomic mass is 10.1. The van der Waals surface area contributed by atoms with Gasteiger partial charge in [-0.2, -0.15) is 0 Å². The molecule has 2 rings (SSSR count). The van der Waals surface area contributed by atoms with E-state index in [1.807, 2.05) is 49.4 Å². The molecule has 0 heterocycles. The lowest BCUT2D eigenvalue weighted by molar-refractivity contribution is 0.316. The SMILES string of the molecule is CCC(=NO)c1ccccc1OCCSc1ccccc1. The van der Waals surface area contributed by atoms with Crippen LogP contribution in [0.1, 0.15) is 18.9 Å². The number of thioether (sulfide) groups is 1. The fraction of sp³-hybridized carbons (Fsp3) is 0.235. The summed E-state index contributed by atoms with van der Waals surface area (Å²) in [5.41, 5.74) is 1.49. The molecule has 0 fully saturated rings. The zero-order chi connectivity index (χ0) is 14.9. The maximum absolute atomic E-state index is 9.05. The molecule has 0 bridgehead atoms. The highest BCUT2D eigenvalue weighted by molar-refractivity contribution is 7.99. The Morgan fingerprint density at radius 3 is 2.52 bits per heavy atom. The van der Waals surface area contributed by atoms with Crippen LogP contribution < -0.4 is 4.74 Å². The van der Waals surface area contributed by atoms with Crippen molar-refractivity contribution in [3.8, 4) is 5.75 Å². The summed E-state index contributed by atoms with van der Waals surface area (Å²) in [7, 11) is 0. The Bertz CT molecular complexity index is 584. The largest absolute Gasteiger partial charge is 0.492 e. The molecule has 0 aliphatic carbocycles. The first kappa shape index (κ1) is 15.4. The second kappa shape index (κ2) is 8.37. The van der Waals surface area contributed by atoms with Crippen molar-refractivity contribution in [1.82, 2.24) is 0 Å². The molecule has 4 heteroatoms. The number of para-hydroxylation sites is 1. The van der Waals surface area contributed by atoms with Gasteiger partial charge >= 0.3 is 0 Å². The number of ether oxygens (including phenoxy) is 1. The highest BCUT2D eigenvalue weighted by Gasteiger charge is 2.08. The van der Waals surface area contributed by atoms with Gasteiger partial charge in [-0.15, -0.1) is 11.8 Å². The first-order valence-electron chi connectivity index (χ1n) is 6.96. The molecule has 0 spiro atoms. The minimum atomic E-state index is 0.610. The van der Waals surface area contributed by atoms with Crippen LogP contribution in [0.5, 0.6) is 5.75 Å². The number of nitrogens with zero attached hydrogens (tertiary/aromatic N) is 1. The van der Waals surface area contributed by atoms with Crippen molar-refractivity contribution in [1.29, 1.82) is 0 Å². The summed E-state index contributed by atoms with van der Waals surface area (Å²) in [4.78, 5) is 1.24. The van der Waals surface area contributed by atoms with E-state index in [9.17, 15) is 0 Å². The van der Waals surface area contributed by atoms with Crippen LogP contribution in [0, 0.1) is 0 Å². The normalized spacial score (nSPS) is 11.4. The molecule has 110 valence electrons. The molecule has 0 aromatic heterocycles. The zero-order valence-corrected chi connectivity index (χ0v) is 12.8. The number of rotatable bonds is 7. The molecule has 0 saturated carbocycles. The van der Waals surface area contributed by atoms with E-state index in [0.29, 0.717) is 18.7 Å².